The summed E-state index contributed by atoms with van der Waals surface area (Å²) in [5.41, 5.74) is 7.55. The van der Waals surface area contributed by atoms with E-state index in [1.165, 1.54) is 0 Å². The first kappa shape index (κ1) is 21.3. The number of aliphatic hydroxyl groups excluding tert-OH is 1. The maximum Gasteiger partial charge on any atom is 0.294 e. The number of aryl methyl sites for hydroxylation is 1. The summed E-state index contributed by atoms with van der Waals surface area (Å²) in [6.07, 6.45) is 2.95. The maximum atomic E-state index is 11.9. The zero-order valence-electron chi connectivity index (χ0n) is 15.1. The fourth-order valence-corrected chi connectivity index (χ4v) is 4.77. The molecule has 0 saturated carbocycles. The van der Waals surface area contributed by atoms with E-state index in [2.05, 4.69) is 10.2 Å². The summed E-state index contributed by atoms with van der Waals surface area (Å²) in [6, 6.07) is 4.41. The molecule has 156 valence electrons. The number of hydrogen-bond acceptors (Lipinski definition) is 8. The van der Waals surface area contributed by atoms with Crippen LogP contribution in [0.3, 0.4) is 0 Å². The van der Waals surface area contributed by atoms with Gasteiger partial charge in [0.15, 0.2) is 0 Å². The van der Waals surface area contributed by atoms with Crippen LogP contribution in [0.5, 0.6) is 0 Å². The third-order valence-corrected chi connectivity index (χ3v) is 6.58. The predicted octanol–water partition coefficient (Wildman–Crippen LogP) is 2.02. The van der Waals surface area contributed by atoms with Crippen LogP contribution >= 0.6 is 0 Å². The molecule has 2 aliphatic carbocycles. The van der Waals surface area contributed by atoms with Crippen molar-refractivity contribution >= 4 is 25.9 Å². The Balaban J connectivity index is 2.08. The summed E-state index contributed by atoms with van der Waals surface area (Å²) in [5, 5.41) is 18.2. The average Bonchev–Trinajstić information content (AvgIpc) is 2.60. The number of hydrogen-bond donors (Lipinski definition) is 4. The van der Waals surface area contributed by atoms with Gasteiger partial charge < -0.3 is 10.8 Å². The standard InChI is InChI=1S/C17H19N3O7S2/c1-9-2-4-11(5-3-9)19-20-17-14(29(25,26)27)7-10-6-12(28(22,23)24)8-13(21)15(10)16(17)18/h2-8,10,15-17,21H,18H2,1H3,(H,22,23,24)(H,25,26,27). The minimum Gasteiger partial charge on any atom is -0.512 e. The summed E-state index contributed by atoms with van der Waals surface area (Å²) in [7, 11) is -9.40. The average molecular weight is 441 g/mol. The minimum absolute atomic E-state index is 0.427. The second-order valence-corrected chi connectivity index (χ2v) is 9.68. The van der Waals surface area contributed by atoms with Gasteiger partial charge in [0.2, 0.25) is 0 Å². The Morgan fingerprint density at radius 2 is 1.62 bits per heavy atom. The molecule has 0 spiro atoms. The maximum absolute atomic E-state index is 11.9. The fraction of sp³-hybridized carbons (Fsp3) is 0.294. The van der Waals surface area contributed by atoms with Crippen molar-refractivity contribution < 1.29 is 31.0 Å². The van der Waals surface area contributed by atoms with Gasteiger partial charge in [0.05, 0.1) is 21.3 Å². The highest BCUT2D eigenvalue weighted by Crippen LogP contribution is 2.40. The molecule has 2 aliphatic rings. The molecular formula is C17H19N3O7S2. The highest BCUT2D eigenvalue weighted by atomic mass is 32.2. The summed E-state index contributed by atoms with van der Waals surface area (Å²) < 4.78 is 65.4. The lowest BCUT2D eigenvalue weighted by molar-refractivity contribution is 0.248. The largest absolute Gasteiger partial charge is 0.512 e. The Hall–Kier alpha value is -2.38. The summed E-state index contributed by atoms with van der Waals surface area (Å²) in [5.74, 6) is -2.39. The van der Waals surface area contributed by atoms with Gasteiger partial charge in [-0.3, -0.25) is 9.11 Å². The van der Waals surface area contributed by atoms with Crippen LogP contribution in [0.15, 0.2) is 68.3 Å². The highest BCUT2D eigenvalue weighted by Gasteiger charge is 2.45. The van der Waals surface area contributed by atoms with Crippen LogP contribution in [0.4, 0.5) is 5.69 Å². The Morgan fingerprint density at radius 3 is 2.17 bits per heavy atom. The third-order valence-electron chi connectivity index (χ3n) is 4.76. The van der Waals surface area contributed by atoms with E-state index in [1.807, 2.05) is 6.92 Å². The number of rotatable bonds is 4. The lowest BCUT2D eigenvalue weighted by atomic mass is 9.75. The molecule has 29 heavy (non-hydrogen) atoms. The predicted molar refractivity (Wildman–Crippen MR) is 104 cm³/mol. The number of allylic oxidation sites excluding steroid dienone is 3. The molecule has 10 nitrogen and oxygen atoms in total. The normalized spacial score (nSPS) is 27.8. The van der Waals surface area contributed by atoms with E-state index in [-0.39, 0.29) is 0 Å². The Morgan fingerprint density at radius 1 is 1.00 bits per heavy atom. The van der Waals surface area contributed by atoms with Gasteiger partial charge in [0.25, 0.3) is 20.2 Å². The van der Waals surface area contributed by atoms with E-state index in [0.717, 1.165) is 23.8 Å². The van der Waals surface area contributed by atoms with Crippen molar-refractivity contribution in [2.75, 3.05) is 0 Å². The molecule has 0 radical (unpaired) electrons. The number of nitrogens with two attached hydrogens (primary N) is 1. The van der Waals surface area contributed by atoms with Crippen molar-refractivity contribution in [1.29, 1.82) is 0 Å². The van der Waals surface area contributed by atoms with Crippen LogP contribution in [0.2, 0.25) is 0 Å². The van der Waals surface area contributed by atoms with Crippen LogP contribution in [0, 0.1) is 18.8 Å². The molecular weight excluding hydrogens is 422 g/mol. The van der Waals surface area contributed by atoms with Gasteiger partial charge in [0, 0.05) is 17.9 Å². The Kier molecular flexibility index (Phi) is 5.49. The molecule has 3 rings (SSSR count). The summed E-state index contributed by atoms with van der Waals surface area (Å²) in [4.78, 5) is -1.17. The molecule has 0 amide bonds. The monoisotopic (exact) mass is 441 g/mol. The van der Waals surface area contributed by atoms with Crippen LogP contribution in [0.25, 0.3) is 0 Å². The van der Waals surface area contributed by atoms with Crippen molar-refractivity contribution in [3.8, 4) is 0 Å². The molecule has 5 N–H and O–H groups in total. The van der Waals surface area contributed by atoms with Crippen molar-refractivity contribution in [1.82, 2.24) is 0 Å². The van der Waals surface area contributed by atoms with Crippen LogP contribution in [-0.2, 0) is 20.2 Å². The van der Waals surface area contributed by atoms with E-state index in [4.69, 9.17) is 5.73 Å². The zero-order valence-corrected chi connectivity index (χ0v) is 16.7. The molecule has 4 atom stereocenters. The van der Waals surface area contributed by atoms with Gasteiger partial charge in [-0.1, -0.05) is 29.8 Å². The molecule has 4 unspecified atom stereocenters. The zero-order chi connectivity index (χ0) is 21.6. The first-order valence-electron chi connectivity index (χ1n) is 8.40. The highest BCUT2D eigenvalue weighted by molar-refractivity contribution is 7.90. The van der Waals surface area contributed by atoms with Crippen LogP contribution in [0.1, 0.15) is 5.56 Å². The lowest BCUT2D eigenvalue weighted by Crippen LogP contribution is -2.49. The molecule has 0 bridgehead atoms. The van der Waals surface area contributed by atoms with Gasteiger partial charge in [-0.15, -0.1) is 0 Å². The van der Waals surface area contributed by atoms with Gasteiger partial charge in [-0.25, -0.2) is 0 Å². The van der Waals surface area contributed by atoms with Gasteiger partial charge in [0.1, 0.15) is 6.04 Å². The Bertz CT molecular complexity index is 1150. The number of nitrogens with zero attached hydrogens (tertiary/aromatic N) is 2. The first-order chi connectivity index (χ1) is 13.4. The van der Waals surface area contributed by atoms with Crippen molar-refractivity contribution in [2.45, 2.75) is 19.0 Å². The smallest absolute Gasteiger partial charge is 0.294 e. The second-order valence-electron chi connectivity index (χ2n) is 6.83. The van der Waals surface area contributed by atoms with Crippen molar-refractivity contribution in [2.24, 2.45) is 27.8 Å². The van der Waals surface area contributed by atoms with Crippen molar-refractivity contribution in [3.05, 3.63) is 63.6 Å². The quantitative estimate of drug-likeness (QED) is 0.404. The van der Waals surface area contributed by atoms with E-state index in [1.54, 1.807) is 24.3 Å². The first-order valence-corrected chi connectivity index (χ1v) is 11.3. The minimum atomic E-state index is -4.76. The third kappa shape index (κ3) is 4.46. The van der Waals surface area contributed by atoms with Crippen LogP contribution < -0.4 is 5.73 Å². The second kappa shape index (κ2) is 7.46. The van der Waals surface area contributed by atoms with E-state index < -0.39 is 59.7 Å². The van der Waals surface area contributed by atoms with Gasteiger partial charge in [-0.2, -0.15) is 27.1 Å². The fourth-order valence-electron chi connectivity index (χ4n) is 3.33. The van der Waals surface area contributed by atoms with E-state index in [9.17, 15) is 31.0 Å². The van der Waals surface area contributed by atoms with Crippen molar-refractivity contribution in [3.63, 3.8) is 0 Å². The molecule has 0 fully saturated rings. The SMILES string of the molecule is Cc1ccc(N=NC2C(S(=O)(=O)O)=CC3C=C(S(=O)(=O)O)C=C(O)C3C2N)cc1. The number of fused-ring (bicyclic) bond motifs is 1. The van der Waals surface area contributed by atoms with Crippen LogP contribution in [-0.4, -0.2) is 43.1 Å². The number of aliphatic hydroxyl groups is 1. The van der Waals surface area contributed by atoms with E-state index >= 15 is 0 Å². The molecule has 1 aromatic rings. The number of azo groups is 1. The molecule has 0 heterocycles. The Labute approximate surface area is 167 Å². The molecule has 0 aliphatic heterocycles. The van der Waals surface area contributed by atoms with Gasteiger partial charge in [-0.05, 0) is 25.1 Å². The molecule has 12 heteroatoms. The topological polar surface area (TPSA) is 180 Å². The molecule has 0 aromatic heterocycles. The summed E-state index contributed by atoms with van der Waals surface area (Å²) in [6.45, 7) is 1.88. The van der Waals surface area contributed by atoms with E-state index in [0.29, 0.717) is 5.69 Å². The molecule has 0 saturated heterocycles. The lowest BCUT2D eigenvalue weighted by Gasteiger charge is -2.37. The number of benzene rings is 1. The van der Waals surface area contributed by atoms with Gasteiger partial charge >= 0.3 is 0 Å². The molecule has 1 aromatic carbocycles. The summed E-state index contributed by atoms with van der Waals surface area (Å²) >= 11 is 0.